The molecule has 22 heavy (non-hydrogen) atoms. The molecule has 114 valence electrons. The van der Waals surface area contributed by atoms with Crippen LogP contribution in [0.25, 0.3) is 0 Å². The fourth-order valence-electron chi connectivity index (χ4n) is 1.82. The van der Waals surface area contributed by atoms with Gasteiger partial charge in [0.15, 0.2) is 5.82 Å². The second-order valence-corrected chi connectivity index (χ2v) is 4.76. The van der Waals surface area contributed by atoms with Crippen molar-refractivity contribution in [2.24, 2.45) is 0 Å². The van der Waals surface area contributed by atoms with E-state index in [0.717, 1.165) is 12.1 Å². The van der Waals surface area contributed by atoms with Gasteiger partial charge in [0.1, 0.15) is 18.7 Å². The van der Waals surface area contributed by atoms with Crippen molar-refractivity contribution < 1.29 is 73.5 Å². The van der Waals surface area contributed by atoms with Gasteiger partial charge in [-0.2, -0.15) is 5.10 Å². The molecule has 4 nitrogen and oxygen atoms in total. The normalized spacial score (nSPS) is 11.4. The van der Waals surface area contributed by atoms with E-state index in [1.165, 1.54) is 6.33 Å². The Balaban J connectivity index is 0.00000242. The fraction of sp³-hybridized carbons (Fsp3) is 0.333. The molecule has 0 aliphatic carbocycles. The SMILES string of the molecule is CC(C)n1ncnc1COc1ccc([B-](F)(F)F)c(F)c1.[K+]. The van der Waals surface area contributed by atoms with Gasteiger partial charge in [0.2, 0.25) is 0 Å². The van der Waals surface area contributed by atoms with Gasteiger partial charge in [0.05, 0.1) is 5.82 Å². The Morgan fingerprint density at radius 3 is 2.50 bits per heavy atom. The van der Waals surface area contributed by atoms with E-state index in [1.54, 1.807) is 4.68 Å². The number of hydrogen-bond donors (Lipinski definition) is 0. The Hall–Kier alpha value is -0.419. The van der Waals surface area contributed by atoms with E-state index in [1.807, 2.05) is 13.8 Å². The molecule has 0 aliphatic rings. The van der Waals surface area contributed by atoms with Gasteiger partial charge >= 0.3 is 58.4 Å². The number of benzene rings is 1. The minimum Gasteiger partial charge on any atom is -0.486 e. The Morgan fingerprint density at radius 1 is 1.27 bits per heavy atom. The molecule has 0 aliphatic heterocycles. The van der Waals surface area contributed by atoms with Crippen LogP contribution >= 0.6 is 0 Å². The van der Waals surface area contributed by atoms with Crippen LogP contribution in [-0.2, 0) is 6.61 Å². The van der Waals surface area contributed by atoms with Crippen molar-refractivity contribution in [3.05, 3.63) is 36.2 Å². The van der Waals surface area contributed by atoms with Gasteiger partial charge in [0, 0.05) is 12.1 Å². The van der Waals surface area contributed by atoms with Gasteiger partial charge in [-0.25, -0.2) is 14.1 Å². The minimum absolute atomic E-state index is 0. The van der Waals surface area contributed by atoms with E-state index in [0.29, 0.717) is 11.9 Å². The number of ether oxygens (including phenoxy) is 1. The largest absolute Gasteiger partial charge is 1.00 e. The van der Waals surface area contributed by atoms with Crippen LogP contribution < -0.4 is 61.6 Å². The average Bonchev–Trinajstić information content (AvgIpc) is 2.83. The summed E-state index contributed by atoms with van der Waals surface area (Å²) in [5, 5.41) is 4.00. The summed E-state index contributed by atoms with van der Waals surface area (Å²) in [7, 11) is 0. The molecule has 10 heteroatoms. The van der Waals surface area contributed by atoms with Crippen molar-refractivity contribution in [3.63, 3.8) is 0 Å². The number of hydrogen-bond acceptors (Lipinski definition) is 3. The Morgan fingerprint density at radius 2 is 1.95 bits per heavy atom. The molecular formula is C12H13BF4KN3O. The number of rotatable bonds is 5. The maximum Gasteiger partial charge on any atom is 1.00 e. The topological polar surface area (TPSA) is 39.9 Å². The molecule has 0 amide bonds. The molecule has 0 spiro atoms. The molecule has 2 aromatic rings. The number of nitrogens with zero attached hydrogens (tertiary/aromatic N) is 3. The first-order valence-corrected chi connectivity index (χ1v) is 6.29. The van der Waals surface area contributed by atoms with Crippen LogP contribution in [0.3, 0.4) is 0 Å². The number of halogens is 4. The van der Waals surface area contributed by atoms with E-state index < -0.39 is 18.3 Å². The van der Waals surface area contributed by atoms with Crippen LogP contribution in [0.15, 0.2) is 24.5 Å². The summed E-state index contributed by atoms with van der Waals surface area (Å²) in [4.78, 5) is 3.99. The van der Waals surface area contributed by atoms with Gasteiger partial charge in [-0.05, 0) is 19.9 Å². The van der Waals surface area contributed by atoms with Crippen molar-refractivity contribution in [3.8, 4) is 5.75 Å². The molecule has 0 bridgehead atoms. The second-order valence-electron chi connectivity index (χ2n) is 4.76. The fourth-order valence-corrected chi connectivity index (χ4v) is 1.82. The summed E-state index contributed by atoms with van der Waals surface area (Å²) in [6.07, 6.45) is 1.36. The maximum atomic E-state index is 13.4. The van der Waals surface area contributed by atoms with Crippen molar-refractivity contribution in [2.45, 2.75) is 26.5 Å². The monoisotopic (exact) mass is 341 g/mol. The second kappa shape index (κ2) is 7.91. The van der Waals surface area contributed by atoms with E-state index in [9.17, 15) is 17.3 Å². The summed E-state index contributed by atoms with van der Waals surface area (Å²) in [6.45, 7) is -1.57. The van der Waals surface area contributed by atoms with E-state index in [4.69, 9.17) is 4.74 Å². The quantitative estimate of drug-likeness (QED) is 0.551. The molecule has 0 fully saturated rings. The van der Waals surface area contributed by atoms with Crippen LogP contribution in [0.1, 0.15) is 25.7 Å². The zero-order valence-electron chi connectivity index (χ0n) is 12.4. The predicted octanol–water partition coefficient (Wildman–Crippen LogP) is -0.365. The van der Waals surface area contributed by atoms with Crippen LogP contribution in [0.2, 0.25) is 0 Å². The van der Waals surface area contributed by atoms with Crippen molar-refractivity contribution >= 4 is 12.4 Å². The predicted molar refractivity (Wildman–Crippen MR) is 69.9 cm³/mol. The molecule has 0 atom stereocenters. The van der Waals surface area contributed by atoms with Crippen LogP contribution in [-0.4, -0.2) is 21.7 Å². The zero-order chi connectivity index (χ0) is 15.6. The minimum atomic E-state index is -5.37. The average molecular weight is 341 g/mol. The van der Waals surface area contributed by atoms with E-state index >= 15 is 0 Å². The first-order chi connectivity index (χ1) is 9.79. The molecule has 0 N–H and O–H groups in total. The van der Waals surface area contributed by atoms with E-state index in [2.05, 4.69) is 10.1 Å². The van der Waals surface area contributed by atoms with Crippen LogP contribution in [0.5, 0.6) is 5.75 Å². The summed E-state index contributed by atoms with van der Waals surface area (Å²) in [5.74, 6) is -0.825. The van der Waals surface area contributed by atoms with E-state index in [-0.39, 0.29) is 69.8 Å². The Kier molecular flexibility index (Phi) is 7.06. The first-order valence-electron chi connectivity index (χ1n) is 6.29. The molecule has 0 unspecified atom stereocenters. The van der Waals surface area contributed by atoms with Crippen LogP contribution in [0.4, 0.5) is 17.3 Å². The maximum absolute atomic E-state index is 13.4. The summed E-state index contributed by atoms with van der Waals surface area (Å²) in [6, 6.07) is 2.56. The molecule has 2 rings (SSSR count). The summed E-state index contributed by atoms with van der Waals surface area (Å²) < 4.78 is 57.8. The molecule has 0 saturated heterocycles. The molecule has 1 aromatic carbocycles. The molecule has 0 radical (unpaired) electrons. The number of aromatic nitrogens is 3. The van der Waals surface area contributed by atoms with Gasteiger partial charge in [-0.3, -0.25) is 0 Å². The smallest absolute Gasteiger partial charge is 0.486 e. The zero-order valence-corrected chi connectivity index (χ0v) is 15.6. The van der Waals surface area contributed by atoms with Crippen molar-refractivity contribution in [1.82, 2.24) is 14.8 Å². The van der Waals surface area contributed by atoms with Gasteiger partial charge in [-0.1, -0.05) is 11.5 Å². The van der Waals surface area contributed by atoms with Gasteiger partial charge in [0.25, 0.3) is 0 Å². The van der Waals surface area contributed by atoms with Crippen molar-refractivity contribution in [1.29, 1.82) is 0 Å². The van der Waals surface area contributed by atoms with Crippen LogP contribution in [0, 0.1) is 5.82 Å². The third kappa shape index (κ3) is 4.79. The van der Waals surface area contributed by atoms with Gasteiger partial charge < -0.3 is 17.7 Å². The third-order valence-corrected chi connectivity index (χ3v) is 2.83. The standard InChI is InChI=1S/C12H13BF4N3O.K/c1-8(2)20-12(18-7-19-20)6-21-9-3-4-10(11(14)5-9)13(15,16)17;/h3-5,7-8H,6H2,1-2H3;/q-1;+1. The molecular weight excluding hydrogens is 328 g/mol. The Bertz CT molecular complexity index is 633. The molecule has 1 heterocycles. The third-order valence-electron chi connectivity index (χ3n) is 2.83. The van der Waals surface area contributed by atoms with Crippen molar-refractivity contribution in [2.75, 3.05) is 0 Å². The summed E-state index contributed by atoms with van der Waals surface area (Å²) in [5.41, 5.74) is -1.26. The summed E-state index contributed by atoms with van der Waals surface area (Å²) >= 11 is 0. The Labute approximate surface area is 167 Å². The van der Waals surface area contributed by atoms with Gasteiger partial charge in [-0.15, -0.1) is 0 Å². The molecule has 1 aromatic heterocycles. The first kappa shape index (κ1) is 19.6. The molecule has 0 saturated carbocycles.